The molecule has 0 saturated carbocycles. The summed E-state index contributed by atoms with van der Waals surface area (Å²) < 4.78 is 0. The van der Waals surface area contributed by atoms with Crippen molar-refractivity contribution in [3.8, 4) is 0 Å². The van der Waals surface area contributed by atoms with Crippen LogP contribution in [0.4, 0.5) is 0 Å². The molecule has 0 fully saturated rings. The Morgan fingerprint density at radius 3 is 2.43 bits per heavy atom. The summed E-state index contributed by atoms with van der Waals surface area (Å²) >= 11 is 0. The van der Waals surface area contributed by atoms with Crippen molar-refractivity contribution >= 4 is 0 Å². The first-order valence-electron chi connectivity index (χ1n) is 2.44. The second-order valence-electron chi connectivity index (χ2n) is 1.27. The van der Waals surface area contributed by atoms with Gasteiger partial charge in [0.1, 0.15) is 0 Å². The van der Waals surface area contributed by atoms with Crippen molar-refractivity contribution in [2.24, 2.45) is 0 Å². The molecule has 7 heavy (non-hydrogen) atoms. The van der Waals surface area contributed by atoms with Crippen molar-refractivity contribution in [3.05, 3.63) is 6.92 Å². The van der Waals surface area contributed by atoms with Crippen LogP contribution in [0.1, 0.15) is 6.92 Å². The Labute approximate surface area is 45.0 Å². The van der Waals surface area contributed by atoms with Gasteiger partial charge < -0.3 is 0 Å². The maximum Gasteiger partial charge on any atom is 0.0656 e. The summed E-state index contributed by atoms with van der Waals surface area (Å²) in [6.45, 7) is 6.99. The van der Waals surface area contributed by atoms with Gasteiger partial charge in [0.25, 0.3) is 0 Å². The number of hydrogen-bond acceptors (Lipinski definition) is 2. The van der Waals surface area contributed by atoms with Gasteiger partial charge in [-0.25, -0.2) is 0 Å². The molecule has 2 heteroatoms. The molecule has 0 N–H and O–H groups in total. The molecule has 0 aliphatic rings. The lowest BCUT2D eigenvalue weighted by molar-refractivity contribution is -0.126. The fourth-order valence-electron chi connectivity index (χ4n) is 0.285. The zero-order valence-electron chi connectivity index (χ0n) is 4.98. The van der Waals surface area contributed by atoms with Gasteiger partial charge in [-0.3, -0.25) is 4.84 Å². The molecule has 0 saturated heterocycles. The quantitative estimate of drug-likeness (QED) is 0.486. The van der Waals surface area contributed by atoms with Crippen LogP contribution in [0, 0.1) is 6.92 Å². The molecule has 0 aromatic carbocycles. The molecule has 0 spiro atoms. The maximum atomic E-state index is 4.96. The molecule has 0 aromatic heterocycles. The molecule has 0 rings (SSSR count). The van der Waals surface area contributed by atoms with Gasteiger partial charge >= 0.3 is 0 Å². The highest BCUT2D eigenvalue weighted by atomic mass is 16.7. The summed E-state index contributed by atoms with van der Waals surface area (Å²) in [5, 5.41) is 1.69. The van der Waals surface area contributed by atoms with Gasteiger partial charge in [0.05, 0.1) is 6.61 Å². The lowest BCUT2D eigenvalue weighted by atomic mass is 10.8. The van der Waals surface area contributed by atoms with E-state index in [0.29, 0.717) is 6.54 Å². The normalized spacial score (nSPS) is 10.3. The van der Waals surface area contributed by atoms with Crippen LogP contribution in [-0.2, 0) is 4.84 Å². The summed E-state index contributed by atoms with van der Waals surface area (Å²) in [6.07, 6.45) is 0. The van der Waals surface area contributed by atoms with Crippen LogP contribution in [-0.4, -0.2) is 25.3 Å². The summed E-state index contributed by atoms with van der Waals surface area (Å²) in [7, 11) is 1.86. The van der Waals surface area contributed by atoms with Crippen molar-refractivity contribution in [2.75, 3.05) is 20.2 Å². The average molecular weight is 102 g/mol. The van der Waals surface area contributed by atoms with Crippen molar-refractivity contribution in [3.63, 3.8) is 0 Å². The molecule has 0 unspecified atom stereocenters. The van der Waals surface area contributed by atoms with Crippen LogP contribution in [0.3, 0.4) is 0 Å². The molecule has 1 radical (unpaired) electrons. The minimum Gasteiger partial charge on any atom is -0.300 e. The van der Waals surface area contributed by atoms with Crippen LogP contribution < -0.4 is 0 Å². The Morgan fingerprint density at radius 2 is 2.29 bits per heavy atom. The summed E-state index contributed by atoms with van der Waals surface area (Å²) in [5.41, 5.74) is 0. The highest BCUT2D eigenvalue weighted by Gasteiger charge is 1.86. The number of rotatable bonds is 3. The molecule has 0 amide bonds. The Bertz CT molecular complexity index is 39.1. The lowest BCUT2D eigenvalue weighted by Gasteiger charge is -2.10. The summed E-state index contributed by atoms with van der Waals surface area (Å²) in [4.78, 5) is 4.96. The van der Waals surface area contributed by atoms with E-state index in [4.69, 9.17) is 4.84 Å². The van der Waals surface area contributed by atoms with Gasteiger partial charge in [-0.05, 0) is 13.8 Å². The molecular formula is C5H12NO. The van der Waals surface area contributed by atoms with E-state index >= 15 is 0 Å². The number of hydrogen-bond donors (Lipinski definition) is 0. The minimum atomic E-state index is 0.702. The minimum absolute atomic E-state index is 0.702. The van der Waals surface area contributed by atoms with Crippen molar-refractivity contribution < 1.29 is 4.84 Å². The van der Waals surface area contributed by atoms with Crippen molar-refractivity contribution in [1.82, 2.24) is 5.06 Å². The SMILES string of the molecule is [CH2]CN(C)OCC. The number of nitrogens with zero attached hydrogens (tertiary/aromatic N) is 1. The van der Waals surface area contributed by atoms with E-state index in [-0.39, 0.29) is 0 Å². The second kappa shape index (κ2) is 4.09. The first-order chi connectivity index (χ1) is 3.31. The van der Waals surface area contributed by atoms with Crippen molar-refractivity contribution in [1.29, 1.82) is 0 Å². The Kier molecular flexibility index (Phi) is 4.04. The summed E-state index contributed by atoms with van der Waals surface area (Å²) in [6, 6.07) is 0. The molecule has 0 heterocycles. The van der Waals surface area contributed by atoms with Gasteiger partial charge in [0.15, 0.2) is 0 Å². The lowest BCUT2D eigenvalue weighted by Crippen LogP contribution is -2.17. The van der Waals surface area contributed by atoms with Crippen LogP contribution in [0.5, 0.6) is 0 Å². The van der Waals surface area contributed by atoms with E-state index in [1.807, 2.05) is 14.0 Å². The van der Waals surface area contributed by atoms with E-state index in [1.54, 1.807) is 5.06 Å². The predicted octanol–water partition coefficient (Wildman–Crippen LogP) is 0.704. The standard InChI is InChI=1S/C5H12NO/c1-4-6(3)7-5-2/h1,4-5H2,2-3H3. The molecule has 2 nitrogen and oxygen atoms in total. The largest absolute Gasteiger partial charge is 0.300 e. The van der Waals surface area contributed by atoms with E-state index in [1.165, 1.54) is 0 Å². The second-order valence-corrected chi connectivity index (χ2v) is 1.27. The summed E-state index contributed by atoms with van der Waals surface area (Å²) in [5.74, 6) is 0. The highest BCUT2D eigenvalue weighted by Crippen LogP contribution is 1.79. The fourth-order valence-corrected chi connectivity index (χ4v) is 0.285. The molecule has 0 aliphatic carbocycles. The van der Waals surface area contributed by atoms with Crippen LogP contribution in [0.2, 0.25) is 0 Å². The van der Waals surface area contributed by atoms with E-state index in [0.717, 1.165) is 6.61 Å². The average Bonchev–Trinajstić information content (AvgIpc) is 1.68. The van der Waals surface area contributed by atoms with Crippen LogP contribution >= 0.6 is 0 Å². The van der Waals surface area contributed by atoms with Crippen LogP contribution in [0.25, 0.3) is 0 Å². The molecule has 43 valence electrons. The molecule has 0 aliphatic heterocycles. The fraction of sp³-hybridized carbons (Fsp3) is 0.800. The van der Waals surface area contributed by atoms with Gasteiger partial charge in [-0.2, -0.15) is 5.06 Å². The Hall–Kier alpha value is -0.0800. The molecule has 0 aromatic rings. The third kappa shape index (κ3) is 3.76. The maximum absolute atomic E-state index is 4.96. The van der Waals surface area contributed by atoms with Gasteiger partial charge in [-0.15, -0.1) is 0 Å². The topological polar surface area (TPSA) is 12.5 Å². The van der Waals surface area contributed by atoms with Crippen LogP contribution in [0.15, 0.2) is 0 Å². The first-order valence-corrected chi connectivity index (χ1v) is 2.44. The van der Waals surface area contributed by atoms with E-state index in [9.17, 15) is 0 Å². The smallest absolute Gasteiger partial charge is 0.0656 e. The van der Waals surface area contributed by atoms with Crippen molar-refractivity contribution in [2.45, 2.75) is 6.92 Å². The zero-order chi connectivity index (χ0) is 5.70. The Balaban J connectivity index is 2.83. The first kappa shape index (κ1) is 6.92. The third-order valence-corrected chi connectivity index (χ3v) is 0.664. The molecule has 0 atom stereocenters. The Morgan fingerprint density at radius 1 is 1.71 bits per heavy atom. The molecular weight excluding hydrogens is 90.1 g/mol. The predicted molar refractivity (Wildman–Crippen MR) is 29.6 cm³/mol. The van der Waals surface area contributed by atoms with E-state index in [2.05, 4.69) is 6.92 Å². The number of hydroxylamine groups is 2. The molecule has 0 bridgehead atoms. The van der Waals surface area contributed by atoms with Gasteiger partial charge in [0.2, 0.25) is 0 Å². The highest BCUT2D eigenvalue weighted by molar-refractivity contribution is 4.35. The monoisotopic (exact) mass is 102 g/mol. The third-order valence-electron chi connectivity index (χ3n) is 0.664. The van der Waals surface area contributed by atoms with Gasteiger partial charge in [-0.1, -0.05) is 0 Å². The van der Waals surface area contributed by atoms with Gasteiger partial charge in [0, 0.05) is 13.6 Å². The zero-order valence-corrected chi connectivity index (χ0v) is 4.98. The van der Waals surface area contributed by atoms with E-state index < -0.39 is 0 Å².